The highest BCUT2D eigenvalue weighted by atomic mass is 16.5. The van der Waals surface area contributed by atoms with Crippen LogP contribution in [0.25, 0.3) is 11.4 Å². The van der Waals surface area contributed by atoms with Crippen LogP contribution in [0.5, 0.6) is 5.75 Å². The molecule has 25 heavy (non-hydrogen) atoms. The van der Waals surface area contributed by atoms with Crippen LogP contribution in [0.4, 0.5) is 0 Å². The summed E-state index contributed by atoms with van der Waals surface area (Å²) in [6, 6.07) is 8.56. The van der Waals surface area contributed by atoms with E-state index in [2.05, 4.69) is 48.1 Å². The Hall–Kier alpha value is -1.94. The Bertz CT molecular complexity index is 596. The maximum Gasteiger partial charge on any atom is 0.159 e. The Labute approximate surface area is 151 Å². The summed E-state index contributed by atoms with van der Waals surface area (Å²) in [5.74, 6) is 1.45. The lowest BCUT2D eigenvalue weighted by molar-refractivity contribution is 0.0684. The third kappa shape index (κ3) is 6.83. The van der Waals surface area contributed by atoms with Gasteiger partial charge in [0, 0.05) is 12.2 Å². The van der Waals surface area contributed by atoms with Gasteiger partial charge in [-0.3, -0.25) is 0 Å². The van der Waals surface area contributed by atoms with E-state index < -0.39 is 0 Å². The van der Waals surface area contributed by atoms with Crippen LogP contribution in [-0.4, -0.2) is 29.3 Å². The lowest BCUT2D eigenvalue weighted by atomic mass is 10.0. The maximum absolute atomic E-state index is 5.56. The molecule has 1 heterocycles. The third-order valence-corrected chi connectivity index (χ3v) is 4.18. The van der Waals surface area contributed by atoms with E-state index >= 15 is 0 Å². The number of ether oxygens (including phenoxy) is 2. The van der Waals surface area contributed by atoms with Gasteiger partial charge in [0.2, 0.25) is 0 Å². The first kappa shape index (κ1) is 19.4. The van der Waals surface area contributed by atoms with Crippen LogP contribution >= 0.6 is 0 Å². The lowest BCUT2D eigenvalue weighted by Gasteiger charge is -2.10. The predicted octanol–water partition coefficient (Wildman–Crippen LogP) is 5.07. The molecular weight excluding hydrogens is 312 g/mol. The van der Waals surface area contributed by atoms with Gasteiger partial charge in [-0.05, 0) is 45.6 Å². The fourth-order valence-electron chi connectivity index (χ4n) is 2.83. The molecule has 1 unspecified atom stereocenters. The van der Waals surface area contributed by atoms with E-state index in [-0.39, 0.29) is 0 Å². The molecule has 1 atom stereocenters. The topological polar surface area (TPSA) is 44.2 Å². The molecule has 0 radical (unpaired) electrons. The summed E-state index contributed by atoms with van der Waals surface area (Å²) in [4.78, 5) is 8.73. The van der Waals surface area contributed by atoms with Crippen LogP contribution in [0.2, 0.25) is 0 Å². The molecular formula is C21H30N2O2. The van der Waals surface area contributed by atoms with Crippen LogP contribution < -0.4 is 4.74 Å². The van der Waals surface area contributed by atoms with Crippen molar-refractivity contribution >= 4 is 0 Å². The first-order chi connectivity index (χ1) is 12.2. The predicted molar refractivity (Wildman–Crippen MR) is 102 cm³/mol. The van der Waals surface area contributed by atoms with Crippen molar-refractivity contribution in [3.8, 4) is 17.1 Å². The van der Waals surface area contributed by atoms with E-state index in [1.165, 1.54) is 24.8 Å². The average Bonchev–Trinajstić information content (AvgIpc) is 2.63. The van der Waals surface area contributed by atoms with Crippen molar-refractivity contribution in [1.29, 1.82) is 0 Å². The van der Waals surface area contributed by atoms with Crippen LogP contribution in [0.3, 0.4) is 0 Å². The molecule has 1 aromatic carbocycles. The van der Waals surface area contributed by atoms with Crippen LogP contribution in [0.15, 0.2) is 36.7 Å². The van der Waals surface area contributed by atoms with Crippen LogP contribution in [-0.2, 0) is 11.2 Å². The van der Waals surface area contributed by atoms with Crippen molar-refractivity contribution < 1.29 is 9.47 Å². The molecule has 0 amide bonds. The van der Waals surface area contributed by atoms with Crippen molar-refractivity contribution in [1.82, 2.24) is 9.97 Å². The van der Waals surface area contributed by atoms with Crippen molar-refractivity contribution in [2.75, 3.05) is 13.2 Å². The van der Waals surface area contributed by atoms with E-state index in [0.29, 0.717) is 18.5 Å². The Balaban J connectivity index is 1.76. The monoisotopic (exact) mass is 342 g/mol. The van der Waals surface area contributed by atoms with E-state index in [9.17, 15) is 0 Å². The largest absolute Gasteiger partial charge is 0.491 e. The van der Waals surface area contributed by atoms with Gasteiger partial charge in [0.15, 0.2) is 11.6 Å². The first-order valence-corrected chi connectivity index (χ1v) is 9.38. The molecule has 2 aromatic rings. The molecule has 1 aromatic heterocycles. The van der Waals surface area contributed by atoms with Gasteiger partial charge in [-0.2, -0.15) is 0 Å². The Morgan fingerprint density at radius 3 is 2.28 bits per heavy atom. The zero-order valence-corrected chi connectivity index (χ0v) is 15.7. The molecule has 0 aliphatic heterocycles. The Morgan fingerprint density at radius 2 is 1.64 bits per heavy atom. The summed E-state index contributed by atoms with van der Waals surface area (Å²) in [6.07, 6.45) is 9.82. The molecule has 2 rings (SSSR count). The number of benzene rings is 1. The van der Waals surface area contributed by atoms with Crippen LogP contribution in [0.1, 0.15) is 52.0 Å². The van der Waals surface area contributed by atoms with Gasteiger partial charge in [0.1, 0.15) is 0 Å². The molecule has 136 valence electrons. The lowest BCUT2D eigenvalue weighted by Crippen LogP contribution is -2.07. The van der Waals surface area contributed by atoms with E-state index in [4.69, 9.17) is 9.47 Å². The van der Waals surface area contributed by atoms with Crippen molar-refractivity contribution in [3.63, 3.8) is 0 Å². The number of aryl methyl sites for hydroxylation is 1. The number of rotatable bonds is 11. The smallest absolute Gasteiger partial charge is 0.159 e. The fraction of sp³-hybridized carbons (Fsp3) is 0.524. The zero-order valence-electron chi connectivity index (χ0n) is 15.7. The highest BCUT2D eigenvalue weighted by Gasteiger charge is 2.03. The number of unbranched alkanes of at least 4 members (excludes halogenated alkanes) is 2. The van der Waals surface area contributed by atoms with Gasteiger partial charge >= 0.3 is 0 Å². The van der Waals surface area contributed by atoms with Crippen LogP contribution in [0, 0.1) is 0 Å². The first-order valence-electron chi connectivity index (χ1n) is 9.38. The second-order valence-corrected chi connectivity index (χ2v) is 6.24. The molecule has 0 bridgehead atoms. The molecule has 0 saturated heterocycles. The summed E-state index contributed by atoms with van der Waals surface area (Å²) in [5, 5.41) is 0. The second-order valence-electron chi connectivity index (χ2n) is 6.24. The summed E-state index contributed by atoms with van der Waals surface area (Å²) in [5.41, 5.74) is 2.41. The number of nitrogens with zero attached hydrogens (tertiary/aromatic N) is 2. The van der Waals surface area contributed by atoms with Gasteiger partial charge in [-0.15, -0.1) is 0 Å². The Kier molecular flexibility index (Phi) is 8.40. The highest BCUT2D eigenvalue weighted by Crippen LogP contribution is 2.18. The van der Waals surface area contributed by atoms with Crippen molar-refractivity contribution in [2.45, 2.75) is 59.0 Å². The van der Waals surface area contributed by atoms with Gasteiger partial charge in [0.05, 0.1) is 25.1 Å². The molecule has 4 heteroatoms. The zero-order chi connectivity index (χ0) is 17.9. The molecule has 0 aliphatic rings. The van der Waals surface area contributed by atoms with Gasteiger partial charge < -0.3 is 9.47 Å². The molecule has 0 saturated carbocycles. The summed E-state index contributed by atoms with van der Waals surface area (Å²) < 4.78 is 10.9. The average molecular weight is 342 g/mol. The normalized spacial score (nSPS) is 12.1. The Morgan fingerprint density at radius 1 is 0.920 bits per heavy atom. The fourth-order valence-corrected chi connectivity index (χ4v) is 2.83. The SMILES string of the molecule is CCOc1cnc(-c2ccc(CCCCCC(C)OCC)cc2)nc1. The quantitative estimate of drug-likeness (QED) is 0.535. The number of aromatic nitrogens is 2. The van der Waals surface area contributed by atoms with Crippen molar-refractivity contribution in [3.05, 3.63) is 42.2 Å². The molecule has 0 fully saturated rings. The highest BCUT2D eigenvalue weighted by molar-refractivity contribution is 5.55. The minimum absolute atomic E-state index is 0.387. The minimum atomic E-state index is 0.387. The molecule has 4 nitrogen and oxygen atoms in total. The minimum Gasteiger partial charge on any atom is -0.491 e. The van der Waals surface area contributed by atoms with Gasteiger partial charge in [-0.25, -0.2) is 9.97 Å². The van der Waals surface area contributed by atoms with E-state index in [1.807, 2.05) is 6.92 Å². The maximum atomic E-state index is 5.56. The van der Waals surface area contributed by atoms with E-state index in [0.717, 1.165) is 30.8 Å². The van der Waals surface area contributed by atoms with E-state index in [1.54, 1.807) is 12.4 Å². The molecule has 0 spiro atoms. The summed E-state index contributed by atoms with van der Waals surface area (Å²) in [6.45, 7) is 7.60. The number of hydrogen-bond donors (Lipinski definition) is 0. The van der Waals surface area contributed by atoms with Crippen molar-refractivity contribution in [2.24, 2.45) is 0 Å². The molecule has 0 aliphatic carbocycles. The summed E-state index contributed by atoms with van der Waals surface area (Å²) in [7, 11) is 0. The molecule has 0 N–H and O–H groups in total. The standard InChI is InChI=1S/C21H30N2O2/c1-4-24-17(3)9-7-6-8-10-18-11-13-19(14-12-18)21-22-15-20(16-23-21)25-5-2/h11-17H,4-10H2,1-3H3. The summed E-state index contributed by atoms with van der Waals surface area (Å²) >= 11 is 0. The van der Waals surface area contributed by atoms with Gasteiger partial charge in [0.25, 0.3) is 0 Å². The second kappa shape index (κ2) is 10.8. The third-order valence-electron chi connectivity index (χ3n) is 4.18. The van der Waals surface area contributed by atoms with Gasteiger partial charge in [-0.1, -0.05) is 37.1 Å². The number of hydrogen-bond acceptors (Lipinski definition) is 4.